The smallest absolute Gasteiger partial charge is 0.152 e. The summed E-state index contributed by atoms with van der Waals surface area (Å²) in [5.41, 5.74) is 3.28. The van der Waals surface area contributed by atoms with Crippen molar-refractivity contribution >= 4 is 17.4 Å². The molecule has 0 heterocycles. The quantitative estimate of drug-likeness (QED) is 0.664. The van der Waals surface area contributed by atoms with Gasteiger partial charge in [-0.2, -0.15) is 0 Å². The molecule has 1 atom stereocenters. The first-order chi connectivity index (χ1) is 6.02. The van der Waals surface area contributed by atoms with Crippen LogP contribution in [0.15, 0.2) is 18.2 Å². The van der Waals surface area contributed by atoms with Crippen molar-refractivity contribution in [2.75, 3.05) is 0 Å². The first kappa shape index (κ1) is 10.3. The lowest BCUT2D eigenvalue weighted by Gasteiger charge is -2.08. The summed E-state index contributed by atoms with van der Waals surface area (Å²) < 4.78 is 0. The van der Waals surface area contributed by atoms with Gasteiger partial charge in [0.1, 0.15) is 5.38 Å². The van der Waals surface area contributed by atoms with Crippen molar-refractivity contribution in [3.8, 4) is 0 Å². The fourth-order valence-corrected chi connectivity index (χ4v) is 1.29. The molecule has 1 aromatic carbocycles. The maximum atomic E-state index is 11.0. The minimum absolute atomic E-state index is 0.00933. The highest BCUT2D eigenvalue weighted by Crippen LogP contribution is 2.23. The first-order valence-corrected chi connectivity index (χ1v) is 4.67. The molecule has 1 rings (SSSR count). The van der Waals surface area contributed by atoms with E-state index in [4.69, 9.17) is 11.6 Å². The number of hydrogen-bond donors (Lipinski definition) is 0. The van der Waals surface area contributed by atoms with E-state index in [0.29, 0.717) is 0 Å². The Morgan fingerprint density at radius 3 is 2.38 bits per heavy atom. The number of carbonyl (C=O) groups excluding carboxylic acids is 1. The van der Waals surface area contributed by atoms with Gasteiger partial charge in [-0.3, -0.25) is 4.79 Å². The number of aryl methyl sites for hydroxylation is 2. The Labute approximate surface area is 83.7 Å². The maximum absolute atomic E-state index is 11.0. The number of ketones is 1. The molecule has 0 saturated carbocycles. The van der Waals surface area contributed by atoms with E-state index in [2.05, 4.69) is 0 Å². The van der Waals surface area contributed by atoms with Gasteiger partial charge >= 0.3 is 0 Å². The first-order valence-electron chi connectivity index (χ1n) is 4.24. The monoisotopic (exact) mass is 196 g/mol. The molecule has 0 bridgehead atoms. The molecular weight excluding hydrogens is 184 g/mol. The Kier molecular flexibility index (Phi) is 3.10. The van der Waals surface area contributed by atoms with Crippen LogP contribution < -0.4 is 0 Å². The fraction of sp³-hybridized carbons (Fsp3) is 0.364. The molecule has 1 aromatic rings. The largest absolute Gasteiger partial charge is 0.298 e. The maximum Gasteiger partial charge on any atom is 0.152 e. The van der Waals surface area contributed by atoms with Crippen LogP contribution in [0, 0.1) is 13.8 Å². The van der Waals surface area contributed by atoms with Crippen molar-refractivity contribution in [2.24, 2.45) is 0 Å². The number of carbonyl (C=O) groups is 1. The molecule has 0 saturated heterocycles. The molecule has 13 heavy (non-hydrogen) atoms. The van der Waals surface area contributed by atoms with Gasteiger partial charge in [-0.1, -0.05) is 18.2 Å². The van der Waals surface area contributed by atoms with E-state index in [1.54, 1.807) is 0 Å². The Balaban J connectivity index is 3.03. The standard InChI is InChI=1S/C11H13ClO/c1-7-4-5-10(6-8(7)2)11(12)9(3)13/h4-6,11H,1-3H3. The zero-order valence-corrected chi connectivity index (χ0v) is 8.85. The van der Waals surface area contributed by atoms with E-state index in [0.717, 1.165) is 5.56 Å². The van der Waals surface area contributed by atoms with Gasteiger partial charge in [-0.25, -0.2) is 0 Å². The summed E-state index contributed by atoms with van der Waals surface area (Å²) in [6.07, 6.45) is 0. The molecule has 0 aliphatic carbocycles. The second-order valence-corrected chi connectivity index (χ2v) is 3.75. The van der Waals surface area contributed by atoms with Crippen LogP contribution in [0.4, 0.5) is 0 Å². The number of halogens is 1. The van der Waals surface area contributed by atoms with Gasteiger partial charge in [-0.15, -0.1) is 11.6 Å². The van der Waals surface area contributed by atoms with Gasteiger partial charge in [-0.05, 0) is 37.5 Å². The predicted octanol–water partition coefficient (Wildman–Crippen LogP) is 3.17. The number of rotatable bonds is 2. The Morgan fingerprint density at radius 2 is 1.92 bits per heavy atom. The van der Waals surface area contributed by atoms with Crippen LogP contribution in [0.5, 0.6) is 0 Å². The predicted molar refractivity (Wildman–Crippen MR) is 55.2 cm³/mol. The molecular formula is C11H13ClO. The third-order valence-corrected chi connectivity index (χ3v) is 2.74. The van der Waals surface area contributed by atoms with Gasteiger partial charge in [0.15, 0.2) is 5.78 Å². The SMILES string of the molecule is CC(=O)C(Cl)c1ccc(C)c(C)c1. The van der Waals surface area contributed by atoms with Gasteiger partial charge in [0.25, 0.3) is 0 Å². The second-order valence-electron chi connectivity index (χ2n) is 3.32. The molecule has 0 aliphatic heterocycles. The fourth-order valence-electron chi connectivity index (χ4n) is 1.16. The highest BCUT2D eigenvalue weighted by Gasteiger charge is 2.12. The Bertz CT molecular complexity index is 331. The van der Waals surface area contributed by atoms with E-state index in [9.17, 15) is 4.79 Å². The zero-order chi connectivity index (χ0) is 10.0. The normalized spacial score (nSPS) is 12.6. The zero-order valence-electron chi connectivity index (χ0n) is 8.10. The minimum atomic E-state index is -0.501. The van der Waals surface area contributed by atoms with Crippen LogP contribution in [0.25, 0.3) is 0 Å². The molecule has 1 unspecified atom stereocenters. The van der Waals surface area contributed by atoms with E-state index < -0.39 is 5.38 Å². The molecule has 0 aliphatic rings. The molecule has 2 heteroatoms. The highest BCUT2D eigenvalue weighted by atomic mass is 35.5. The Hall–Kier alpha value is -0.820. The van der Waals surface area contributed by atoms with Crippen LogP contribution >= 0.6 is 11.6 Å². The van der Waals surface area contributed by atoms with Crippen LogP contribution in [-0.2, 0) is 4.79 Å². The average molecular weight is 197 g/mol. The van der Waals surface area contributed by atoms with Crippen molar-refractivity contribution in [3.63, 3.8) is 0 Å². The summed E-state index contributed by atoms with van der Waals surface area (Å²) in [6.45, 7) is 5.56. The molecule has 0 radical (unpaired) electrons. The van der Waals surface area contributed by atoms with Gasteiger partial charge in [0.05, 0.1) is 0 Å². The molecule has 0 aromatic heterocycles. The van der Waals surface area contributed by atoms with E-state index in [-0.39, 0.29) is 5.78 Å². The summed E-state index contributed by atoms with van der Waals surface area (Å²) in [7, 11) is 0. The topological polar surface area (TPSA) is 17.1 Å². The molecule has 1 nitrogen and oxygen atoms in total. The van der Waals surface area contributed by atoms with Crippen molar-refractivity contribution in [2.45, 2.75) is 26.1 Å². The van der Waals surface area contributed by atoms with Crippen molar-refractivity contribution in [1.82, 2.24) is 0 Å². The van der Waals surface area contributed by atoms with E-state index >= 15 is 0 Å². The molecule has 0 amide bonds. The molecule has 70 valence electrons. The molecule has 0 spiro atoms. The summed E-state index contributed by atoms with van der Waals surface area (Å²) in [5.74, 6) is -0.00933. The van der Waals surface area contributed by atoms with Crippen molar-refractivity contribution < 1.29 is 4.79 Å². The second kappa shape index (κ2) is 3.93. The average Bonchev–Trinajstić information content (AvgIpc) is 2.08. The highest BCUT2D eigenvalue weighted by molar-refractivity contribution is 6.30. The van der Waals surface area contributed by atoms with Crippen LogP contribution in [0.1, 0.15) is 29.0 Å². The third-order valence-electron chi connectivity index (χ3n) is 2.18. The van der Waals surface area contributed by atoms with Gasteiger partial charge in [0.2, 0.25) is 0 Å². The van der Waals surface area contributed by atoms with Gasteiger partial charge < -0.3 is 0 Å². The molecule has 0 fully saturated rings. The van der Waals surface area contributed by atoms with Crippen LogP contribution in [0.2, 0.25) is 0 Å². The number of alkyl halides is 1. The van der Waals surface area contributed by atoms with Crippen molar-refractivity contribution in [3.05, 3.63) is 34.9 Å². The summed E-state index contributed by atoms with van der Waals surface area (Å²) in [6, 6.07) is 5.86. The summed E-state index contributed by atoms with van der Waals surface area (Å²) >= 11 is 5.92. The van der Waals surface area contributed by atoms with E-state index in [1.165, 1.54) is 18.1 Å². The number of hydrogen-bond acceptors (Lipinski definition) is 1. The Morgan fingerprint density at radius 1 is 1.31 bits per heavy atom. The van der Waals surface area contributed by atoms with Crippen LogP contribution in [-0.4, -0.2) is 5.78 Å². The lowest BCUT2D eigenvalue weighted by molar-refractivity contribution is -0.116. The number of Topliss-reactive ketones (excluding diaryl/α,β-unsaturated/α-hetero) is 1. The number of benzene rings is 1. The summed E-state index contributed by atoms with van der Waals surface area (Å²) in [5, 5.41) is -0.501. The summed E-state index contributed by atoms with van der Waals surface area (Å²) in [4.78, 5) is 11.0. The third kappa shape index (κ3) is 2.31. The van der Waals surface area contributed by atoms with Crippen LogP contribution in [0.3, 0.4) is 0 Å². The lowest BCUT2D eigenvalue weighted by Crippen LogP contribution is -2.01. The van der Waals surface area contributed by atoms with Gasteiger partial charge in [0, 0.05) is 0 Å². The lowest BCUT2D eigenvalue weighted by atomic mass is 10.0. The minimum Gasteiger partial charge on any atom is -0.298 e. The van der Waals surface area contributed by atoms with E-state index in [1.807, 2.05) is 32.0 Å². The molecule has 0 N–H and O–H groups in total. The van der Waals surface area contributed by atoms with Crippen molar-refractivity contribution in [1.29, 1.82) is 0 Å².